The van der Waals surface area contributed by atoms with E-state index in [1.165, 1.54) is 0 Å². The number of rotatable bonds is 4. The topological polar surface area (TPSA) is 92.8 Å². The monoisotopic (exact) mass is 453 g/mol. The van der Waals surface area contributed by atoms with Gasteiger partial charge in [0.05, 0.1) is 28.7 Å². The van der Waals surface area contributed by atoms with Gasteiger partial charge in [-0.05, 0) is 48.5 Å². The number of para-hydroxylation sites is 2. The van der Waals surface area contributed by atoms with Crippen LogP contribution in [-0.4, -0.2) is 27.6 Å². The minimum absolute atomic E-state index is 0.208. The van der Waals surface area contributed by atoms with Crippen LogP contribution in [0.25, 0.3) is 27.9 Å². The Labute approximate surface area is 193 Å². The molecule has 8 heteroatoms. The molecule has 0 spiro atoms. The van der Waals surface area contributed by atoms with E-state index >= 15 is 0 Å². The molecule has 0 saturated heterocycles. The molecule has 0 saturated carbocycles. The molecule has 33 heavy (non-hydrogen) atoms. The third-order valence-electron chi connectivity index (χ3n) is 5.25. The molecule has 7 nitrogen and oxygen atoms in total. The molecule has 1 amide bonds. The predicted molar refractivity (Wildman–Crippen MR) is 127 cm³/mol. The highest BCUT2D eigenvalue weighted by Crippen LogP contribution is 2.33. The molecular formula is C25H16ClN5O2. The van der Waals surface area contributed by atoms with Crippen LogP contribution >= 0.6 is 11.6 Å². The van der Waals surface area contributed by atoms with Crippen molar-refractivity contribution in [3.05, 3.63) is 88.9 Å². The van der Waals surface area contributed by atoms with Crippen LogP contribution in [0.4, 0.5) is 5.82 Å². The smallest absolute Gasteiger partial charge is 0.258 e. The number of amides is 1. The van der Waals surface area contributed by atoms with E-state index < -0.39 is 5.91 Å². The Kier molecular flexibility index (Phi) is 5.13. The number of hydrogen-bond acceptors (Lipinski definition) is 5. The average Bonchev–Trinajstić information content (AvgIpc) is 3.14. The molecule has 1 N–H and O–H groups in total. The summed E-state index contributed by atoms with van der Waals surface area (Å²) in [6, 6.07) is 23.5. The van der Waals surface area contributed by atoms with E-state index in [2.05, 4.69) is 16.4 Å². The number of carbonyl (C=O) groups is 1. The molecule has 160 valence electrons. The van der Waals surface area contributed by atoms with Gasteiger partial charge in [-0.2, -0.15) is 5.26 Å². The van der Waals surface area contributed by atoms with Gasteiger partial charge >= 0.3 is 0 Å². The number of nitrogens with one attached hydrogen (secondary N) is 1. The van der Waals surface area contributed by atoms with Crippen molar-refractivity contribution in [1.29, 1.82) is 5.26 Å². The number of halogens is 1. The minimum Gasteiger partial charge on any atom is -0.497 e. The zero-order valence-corrected chi connectivity index (χ0v) is 18.2. The van der Waals surface area contributed by atoms with Gasteiger partial charge in [-0.3, -0.25) is 9.36 Å². The lowest BCUT2D eigenvalue weighted by atomic mass is 10.2. The van der Waals surface area contributed by atoms with E-state index in [0.717, 1.165) is 0 Å². The Morgan fingerprint density at radius 2 is 1.67 bits per heavy atom. The highest BCUT2D eigenvalue weighted by Gasteiger charge is 2.24. The number of carbonyl (C=O) groups excluding carboxylic acids is 1. The van der Waals surface area contributed by atoms with Crippen molar-refractivity contribution in [2.24, 2.45) is 0 Å². The second-order valence-electron chi connectivity index (χ2n) is 7.19. The highest BCUT2D eigenvalue weighted by atomic mass is 35.5. The van der Waals surface area contributed by atoms with Crippen LogP contribution in [0.5, 0.6) is 5.75 Å². The number of fused-ring (bicyclic) bond motifs is 2. The molecule has 3 aromatic carbocycles. The van der Waals surface area contributed by atoms with Crippen LogP contribution in [0.3, 0.4) is 0 Å². The standard InChI is InChI=1S/C25H16ClN5O2/c1-33-16-12-10-15(11-13-16)31-23(30-25(32)17-6-2-3-7-19(17)26)18(14-27)22-24(31)29-21-9-5-4-8-20(21)28-22/h2-13H,1H3,(H,30,32). The zero-order chi connectivity index (χ0) is 22.9. The first-order valence-electron chi connectivity index (χ1n) is 10.0. The van der Waals surface area contributed by atoms with Crippen LogP contribution < -0.4 is 10.1 Å². The Morgan fingerprint density at radius 1 is 1.00 bits per heavy atom. The maximum absolute atomic E-state index is 13.1. The van der Waals surface area contributed by atoms with Gasteiger partial charge < -0.3 is 10.1 Å². The Balaban J connectivity index is 1.78. The summed E-state index contributed by atoms with van der Waals surface area (Å²) < 4.78 is 6.98. The fourth-order valence-electron chi connectivity index (χ4n) is 3.67. The van der Waals surface area contributed by atoms with E-state index in [0.29, 0.717) is 44.2 Å². The molecule has 0 bridgehead atoms. The summed E-state index contributed by atoms with van der Waals surface area (Å²) >= 11 is 6.23. The average molecular weight is 454 g/mol. The number of anilines is 1. The minimum atomic E-state index is -0.445. The number of nitriles is 1. The normalized spacial score (nSPS) is 10.8. The van der Waals surface area contributed by atoms with Crippen LogP contribution in [0.15, 0.2) is 72.8 Å². The fourth-order valence-corrected chi connectivity index (χ4v) is 3.89. The summed E-state index contributed by atoms with van der Waals surface area (Å²) in [6.07, 6.45) is 0. The van der Waals surface area contributed by atoms with Gasteiger partial charge in [-0.15, -0.1) is 0 Å². The number of ether oxygens (including phenoxy) is 1. The zero-order valence-electron chi connectivity index (χ0n) is 17.4. The van der Waals surface area contributed by atoms with Gasteiger partial charge in [-0.25, -0.2) is 9.97 Å². The van der Waals surface area contributed by atoms with E-state index in [-0.39, 0.29) is 11.4 Å². The lowest BCUT2D eigenvalue weighted by Crippen LogP contribution is -2.16. The molecule has 0 fully saturated rings. The van der Waals surface area contributed by atoms with Crippen LogP contribution in [0.2, 0.25) is 5.02 Å². The number of benzene rings is 3. The van der Waals surface area contributed by atoms with Crippen LogP contribution in [-0.2, 0) is 0 Å². The van der Waals surface area contributed by atoms with E-state index in [1.54, 1.807) is 48.1 Å². The first kappa shape index (κ1) is 20.5. The second kappa shape index (κ2) is 8.26. The molecule has 0 aliphatic heterocycles. The number of aromatic nitrogens is 3. The first-order valence-corrected chi connectivity index (χ1v) is 10.4. The van der Waals surface area contributed by atoms with Gasteiger partial charge in [0, 0.05) is 5.69 Å². The number of methoxy groups -OCH3 is 1. The summed E-state index contributed by atoms with van der Waals surface area (Å²) in [6.45, 7) is 0. The van der Waals surface area contributed by atoms with Crippen molar-refractivity contribution >= 4 is 45.5 Å². The van der Waals surface area contributed by atoms with Crippen molar-refractivity contribution in [2.75, 3.05) is 12.4 Å². The van der Waals surface area contributed by atoms with Crippen molar-refractivity contribution in [1.82, 2.24) is 14.5 Å². The maximum Gasteiger partial charge on any atom is 0.258 e. The number of hydrogen-bond donors (Lipinski definition) is 1. The summed E-state index contributed by atoms with van der Waals surface area (Å²) in [5.41, 5.74) is 3.34. The predicted octanol–water partition coefficient (Wildman–Crippen LogP) is 5.36. The molecule has 0 radical (unpaired) electrons. The lowest BCUT2D eigenvalue weighted by molar-refractivity contribution is 0.102. The molecule has 0 atom stereocenters. The van der Waals surface area contributed by atoms with Crippen LogP contribution in [0.1, 0.15) is 15.9 Å². The van der Waals surface area contributed by atoms with E-state index in [9.17, 15) is 10.1 Å². The maximum atomic E-state index is 13.1. The lowest BCUT2D eigenvalue weighted by Gasteiger charge is -2.13. The third kappa shape index (κ3) is 3.53. The molecule has 2 aromatic heterocycles. The number of nitrogens with zero attached hydrogens (tertiary/aromatic N) is 4. The molecule has 0 aliphatic carbocycles. The molecule has 0 unspecified atom stereocenters. The molecule has 2 heterocycles. The van der Waals surface area contributed by atoms with Gasteiger partial charge in [0.15, 0.2) is 5.65 Å². The summed E-state index contributed by atoms with van der Waals surface area (Å²) in [5.74, 6) is 0.492. The fraction of sp³-hybridized carbons (Fsp3) is 0.0400. The van der Waals surface area contributed by atoms with Crippen molar-refractivity contribution in [3.63, 3.8) is 0 Å². The molecule has 5 rings (SSSR count). The summed E-state index contributed by atoms with van der Waals surface area (Å²) in [5, 5.41) is 13.2. The van der Waals surface area contributed by atoms with E-state index in [1.807, 2.05) is 36.4 Å². The van der Waals surface area contributed by atoms with Crippen molar-refractivity contribution < 1.29 is 9.53 Å². The highest BCUT2D eigenvalue weighted by molar-refractivity contribution is 6.34. The molecular weight excluding hydrogens is 438 g/mol. The Hall–Kier alpha value is -4.41. The van der Waals surface area contributed by atoms with Gasteiger partial charge in [0.1, 0.15) is 28.7 Å². The Morgan fingerprint density at radius 3 is 2.33 bits per heavy atom. The van der Waals surface area contributed by atoms with Gasteiger partial charge in [-0.1, -0.05) is 35.9 Å². The molecule has 5 aromatic rings. The van der Waals surface area contributed by atoms with Crippen molar-refractivity contribution in [3.8, 4) is 17.5 Å². The summed E-state index contributed by atoms with van der Waals surface area (Å²) in [7, 11) is 1.58. The van der Waals surface area contributed by atoms with E-state index in [4.69, 9.17) is 21.3 Å². The largest absolute Gasteiger partial charge is 0.497 e. The second-order valence-corrected chi connectivity index (χ2v) is 7.59. The Bertz CT molecular complexity index is 1570. The molecule has 0 aliphatic rings. The SMILES string of the molecule is COc1ccc(-n2c(NC(=O)c3ccccc3Cl)c(C#N)c3nc4ccccc4nc32)cc1. The van der Waals surface area contributed by atoms with Crippen molar-refractivity contribution in [2.45, 2.75) is 0 Å². The van der Waals surface area contributed by atoms with Crippen LogP contribution in [0, 0.1) is 11.3 Å². The first-order chi connectivity index (χ1) is 16.1. The van der Waals surface area contributed by atoms with Gasteiger partial charge in [0.25, 0.3) is 5.91 Å². The quantitative estimate of drug-likeness (QED) is 0.395. The third-order valence-corrected chi connectivity index (χ3v) is 5.58. The van der Waals surface area contributed by atoms with Gasteiger partial charge in [0.2, 0.25) is 0 Å². The summed E-state index contributed by atoms with van der Waals surface area (Å²) in [4.78, 5) is 22.6.